The van der Waals surface area contributed by atoms with Crippen LogP contribution in [0.4, 0.5) is 4.39 Å². The lowest BCUT2D eigenvalue weighted by atomic mass is 9.57. The maximum absolute atomic E-state index is 14.5. The zero-order chi connectivity index (χ0) is 18.6. The third-order valence-corrected chi connectivity index (χ3v) is 7.98. The molecule has 5 rings (SSSR count). The Balaban J connectivity index is 1.41. The lowest BCUT2D eigenvalue weighted by Gasteiger charge is -2.51. The fourth-order valence-electron chi connectivity index (χ4n) is 4.67. The van der Waals surface area contributed by atoms with Crippen molar-refractivity contribution < 1.29 is 18.7 Å². The summed E-state index contributed by atoms with van der Waals surface area (Å²) < 4.78 is 26.1. The molecule has 1 aliphatic carbocycles. The number of halogens is 1. The predicted octanol–water partition coefficient (Wildman–Crippen LogP) is 4.87. The highest BCUT2D eigenvalue weighted by Gasteiger charge is 2.69. The van der Waals surface area contributed by atoms with Crippen molar-refractivity contribution >= 4 is 17.7 Å². The molecule has 3 aliphatic rings. The number of fused-ring (bicyclic) bond motifs is 1. The first kappa shape index (κ1) is 16.9. The van der Waals surface area contributed by atoms with Crippen LogP contribution in [0, 0.1) is 17.7 Å². The fourth-order valence-corrected chi connectivity index (χ4v) is 6.90. The smallest absolute Gasteiger partial charge is 0.343 e. The molecule has 2 aromatic rings. The Morgan fingerprint density at radius 1 is 1.22 bits per heavy atom. The third-order valence-electron chi connectivity index (χ3n) is 6.07. The van der Waals surface area contributed by atoms with Crippen molar-refractivity contribution in [3.8, 4) is 11.5 Å². The van der Waals surface area contributed by atoms with Crippen molar-refractivity contribution in [1.29, 1.82) is 0 Å². The van der Waals surface area contributed by atoms with Gasteiger partial charge in [-0.1, -0.05) is 24.8 Å². The number of para-hydroxylation sites is 1. The molecule has 5 heteroatoms. The number of esters is 1. The van der Waals surface area contributed by atoms with Crippen LogP contribution in [0.3, 0.4) is 0 Å². The minimum absolute atomic E-state index is 0.0917. The molecule has 0 N–H and O–H groups in total. The van der Waals surface area contributed by atoms with Crippen LogP contribution in [0.15, 0.2) is 61.2 Å². The SMILES string of the molecule is C=CC1(Oc2cc(C(=O)Oc3ccccc3)ccc2F)C2CC3CC1C3S2. The normalized spacial score (nSPS) is 32.6. The van der Waals surface area contributed by atoms with Crippen LogP contribution >= 0.6 is 11.8 Å². The standard InChI is InChI=1S/C22H19FO3S/c1-2-22(16-10-14-12-19(22)27-20(14)16)26-18-11-13(8-9-17(18)23)21(24)25-15-6-4-3-5-7-15/h2-9,11,14,16,19-20H,1,10,12H2. The summed E-state index contributed by atoms with van der Waals surface area (Å²) in [5.74, 6) is 0.679. The maximum atomic E-state index is 14.5. The summed E-state index contributed by atoms with van der Waals surface area (Å²) in [4.78, 5) is 12.4. The molecule has 3 nitrogen and oxygen atoms in total. The number of ether oxygens (including phenoxy) is 2. The monoisotopic (exact) mass is 382 g/mol. The van der Waals surface area contributed by atoms with E-state index in [1.807, 2.05) is 23.9 Å². The molecule has 0 spiro atoms. The fraction of sp³-hybridized carbons (Fsp3) is 0.318. The lowest BCUT2D eigenvalue weighted by molar-refractivity contribution is -0.0380. The van der Waals surface area contributed by atoms with E-state index in [0.29, 0.717) is 22.2 Å². The highest BCUT2D eigenvalue weighted by Crippen LogP contribution is 2.68. The van der Waals surface area contributed by atoms with Crippen molar-refractivity contribution in [2.45, 2.75) is 28.9 Å². The minimum atomic E-state index is -0.549. The van der Waals surface area contributed by atoms with E-state index in [1.54, 1.807) is 24.3 Å². The molecule has 27 heavy (non-hydrogen) atoms. The van der Waals surface area contributed by atoms with E-state index in [9.17, 15) is 9.18 Å². The average Bonchev–Trinajstić information content (AvgIpc) is 3.12. The summed E-state index contributed by atoms with van der Waals surface area (Å²) in [6.45, 7) is 4.00. The van der Waals surface area contributed by atoms with Crippen LogP contribution in [0.5, 0.6) is 11.5 Å². The lowest BCUT2D eigenvalue weighted by Crippen LogP contribution is -2.59. The maximum Gasteiger partial charge on any atom is 0.343 e. The first-order valence-corrected chi connectivity index (χ1v) is 10.1. The second-order valence-electron chi connectivity index (χ2n) is 7.43. The Morgan fingerprint density at radius 2 is 2.04 bits per heavy atom. The van der Waals surface area contributed by atoms with Crippen LogP contribution < -0.4 is 9.47 Å². The predicted molar refractivity (Wildman–Crippen MR) is 103 cm³/mol. The Morgan fingerprint density at radius 3 is 2.70 bits per heavy atom. The Bertz CT molecular complexity index is 909. The second-order valence-corrected chi connectivity index (χ2v) is 8.82. The van der Waals surface area contributed by atoms with Crippen molar-refractivity contribution in [2.75, 3.05) is 0 Å². The summed E-state index contributed by atoms with van der Waals surface area (Å²) in [6, 6.07) is 12.9. The number of hydrogen-bond acceptors (Lipinski definition) is 4. The Hall–Kier alpha value is -2.27. The van der Waals surface area contributed by atoms with E-state index in [0.717, 1.165) is 18.8 Å². The van der Waals surface area contributed by atoms with Gasteiger partial charge in [-0.3, -0.25) is 0 Å². The second kappa shape index (κ2) is 6.13. The van der Waals surface area contributed by atoms with E-state index < -0.39 is 17.4 Å². The van der Waals surface area contributed by atoms with Gasteiger partial charge in [0.25, 0.3) is 0 Å². The number of benzene rings is 2. The minimum Gasteiger partial charge on any atom is -0.479 e. The number of rotatable bonds is 5. The number of carbonyl (C=O) groups is 1. The number of hydrogen-bond donors (Lipinski definition) is 0. The molecule has 2 aliphatic heterocycles. The molecule has 2 heterocycles. The molecule has 5 unspecified atom stereocenters. The Kier molecular flexibility index (Phi) is 3.83. The Labute approximate surface area is 161 Å². The van der Waals surface area contributed by atoms with Gasteiger partial charge in [0.05, 0.1) is 5.56 Å². The molecule has 0 amide bonds. The summed E-state index contributed by atoms with van der Waals surface area (Å²) in [7, 11) is 0. The molecule has 0 radical (unpaired) electrons. The first-order valence-electron chi connectivity index (χ1n) is 9.15. The van der Waals surface area contributed by atoms with Gasteiger partial charge >= 0.3 is 5.97 Å². The molecule has 0 aromatic heterocycles. The number of thioether (sulfide) groups is 1. The quantitative estimate of drug-likeness (QED) is 0.420. The summed E-state index contributed by atoms with van der Waals surface area (Å²) in [6.07, 6.45) is 4.05. The van der Waals surface area contributed by atoms with Crippen molar-refractivity contribution in [3.63, 3.8) is 0 Å². The summed E-state index contributed by atoms with van der Waals surface area (Å²) in [5, 5.41) is 0.908. The highest BCUT2D eigenvalue weighted by atomic mass is 32.2. The molecule has 3 fully saturated rings. The summed E-state index contributed by atoms with van der Waals surface area (Å²) in [5.41, 5.74) is -0.288. The zero-order valence-corrected chi connectivity index (χ0v) is 15.5. The van der Waals surface area contributed by atoms with Gasteiger partial charge in [-0.25, -0.2) is 9.18 Å². The van der Waals surface area contributed by atoms with Gasteiger partial charge in [0.15, 0.2) is 11.6 Å². The molecule has 1 saturated carbocycles. The van der Waals surface area contributed by atoms with Crippen LogP contribution in [0.2, 0.25) is 0 Å². The van der Waals surface area contributed by atoms with Gasteiger partial charge in [-0.2, -0.15) is 0 Å². The number of carbonyl (C=O) groups excluding carboxylic acids is 1. The molecule has 5 atom stereocenters. The van der Waals surface area contributed by atoms with Crippen LogP contribution in [0.25, 0.3) is 0 Å². The van der Waals surface area contributed by atoms with Crippen molar-refractivity contribution in [1.82, 2.24) is 0 Å². The largest absolute Gasteiger partial charge is 0.479 e. The molecule has 2 saturated heterocycles. The molecule has 2 aromatic carbocycles. The van der Waals surface area contributed by atoms with E-state index in [2.05, 4.69) is 6.58 Å². The van der Waals surface area contributed by atoms with E-state index >= 15 is 0 Å². The van der Waals surface area contributed by atoms with Gasteiger partial charge < -0.3 is 9.47 Å². The van der Waals surface area contributed by atoms with E-state index in [4.69, 9.17) is 9.47 Å². The van der Waals surface area contributed by atoms with E-state index in [-0.39, 0.29) is 11.3 Å². The van der Waals surface area contributed by atoms with Crippen LogP contribution in [-0.2, 0) is 0 Å². The van der Waals surface area contributed by atoms with Crippen molar-refractivity contribution in [3.05, 3.63) is 72.6 Å². The van der Waals surface area contributed by atoms with Gasteiger partial charge in [0.2, 0.25) is 0 Å². The first-order chi connectivity index (χ1) is 13.1. The van der Waals surface area contributed by atoms with Gasteiger partial charge in [-0.05, 0) is 55.2 Å². The van der Waals surface area contributed by atoms with E-state index in [1.165, 1.54) is 18.2 Å². The summed E-state index contributed by atoms with van der Waals surface area (Å²) >= 11 is 1.95. The molecule has 2 bridgehead atoms. The molecule has 138 valence electrons. The molecular formula is C22H19FO3S. The topological polar surface area (TPSA) is 35.5 Å². The van der Waals surface area contributed by atoms with Crippen molar-refractivity contribution in [2.24, 2.45) is 11.8 Å². The van der Waals surface area contributed by atoms with Gasteiger partial charge in [0, 0.05) is 16.4 Å². The van der Waals surface area contributed by atoms with Gasteiger partial charge in [0.1, 0.15) is 11.4 Å². The molecular weight excluding hydrogens is 363 g/mol. The van der Waals surface area contributed by atoms with Crippen LogP contribution in [0.1, 0.15) is 23.2 Å². The third kappa shape index (κ3) is 2.52. The van der Waals surface area contributed by atoms with Crippen LogP contribution in [-0.4, -0.2) is 22.1 Å². The zero-order valence-electron chi connectivity index (χ0n) is 14.6. The highest BCUT2D eigenvalue weighted by molar-refractivity contribution is 8.01. The van der Waals surface area contributed by atoms with Gasteiger partial charge in [-0.15, -0.1) is 11.8 Å². The average molecular weight is 382 g/mol.